The van der Waals surface area contributed by atoms with E-state index in [4.69, 9.17) is 39.5 Å². The zero-order chi connectivity index (χ0) is 15.4. The number of carbonyl (C=O) groups excluding carboxylic acids is 1. The van der Waals surface area contributed by atoms with Crippen molar-refractivity contribution >= 4 is 40.8 Å². The van der Waals surface area contributed by atoms with Gasteiger partial charge in [-0.05, 0) is 35.9 Å². The molecular weight excluding hydrogens is 335 g/mol. The third-order valence-corrected chi connectivity index (χ3v) is 3.77. The second kappa shape index (κ2) is 7.03. The Kier molecular flexibility index (Phi) is 5.34. The molecule has 2 rings (SSSR count). The van der Waals surface area contributed by atoms with Crippen molar-refractivity contribution in [3.63, 3.8) is 0 Å². The van der Waals surface area contributed by atoms with E-state index in [9.17, 15) is 4.79 Å². The summed E-state index contributed by atoms with van der Waals surface area (Å²) >= 11 is 17.9. The fourth-order valence-electron chi connectivity index (χ4n) is 1.65. The van der Waals surface area contributed by atoms with Crippen LogP contribution in [-0.2, 0) is 11.3 Å². The second-order valence-electron chi connectivity index (χ2n) is 4.17. The minimum absolute atomic E-state index is 0.286. The van der Waals surface area contributed by atoms with Crippen LogP contribution in [-0.4, -0.2) is 13.1 Å². The lowest BCUT2D eigenvalue weighted by Gasteiger charge is -2.09. The summed E-state index contributed by atoms with van der Waals surface area (Å²) in [5, 5.41) is 1.28. The van der Waals surface area contributed by atoms with Gasteiger partial charge in [0.25, 0.3) is 0 Å². The molecule has 0 N–H and O–H groups in total. The number of carbonyl (C=O) groups is 1. The highest BCUT2D eigenvalue weighted by Gasteiger charge is 2.10. The Morgan fingerprint density at radius 2 is 1.76 bits per heavy atom. The van der Waals surface area contributed by atoms with Gasteiger partial charge in [-0.2, -0.15) is 0 Å². The first kappa shape index (κ1) is 16.0. The average molecular weight is 346 g/mol. The third kappa shape index (κ3) is 4.03. The Bertz CT molecular complexity index is 671. The molecule has 2 aromatic rings. The van der Waals surface area contributed by atoms with E-state index in [-0.39, 0.29) is 6.61 Å². The average Bonchev–Trinajstić information content (AvgIpc) is 2.48. The number of ether oxygens (including phenoxy) is 2. The quantitative estimate of drug-likeness (QED) is 0.730. The van der Waals surface area contributed by atoms with Crippen LogP contribution in [0.25, 0.3) is 0 Å². The Labute approximate surface area is 137 Å². The molecule has 0 saturated carbocycles. The van der Waals surface area contributed by atoms with E-state index in [1.807, 2.05) is 6.07 Å². The molecule has 0 aliphatic carbocycles. The second-order valence-corrected chi connectivity index (χ2v) is 5.40. The number of benzene rings is 2. The third-order valence-electron chi connectivity index (χ3n) is 2.73. The molecule has 6 heteroatoms. The SMILES string of the molecule is COC(=O)c1ccc(OCc2ccc(Cl)c(Cl)c2)c(Cl)c1. The maximum atomic E-state index is 11.4. The van der Waals surface area contributed by atoms with Crippen molar-refractivity contribution in [3.05, 3.63) is 62.6 Å². The summed E-state index contributed by atoms with van der Waals surface area (Å²) in [5.74, 6) is 0.0170. The van der Waals surface area contributed by atoms with Crippen LogP contribution in [0.2, 0.25) is 15.1 Å². The molecule has 0 aromatic heterocycles. The molecule has 0 bridgehead atoms. The van der Waals surface area contributed by atoms with Gasteiger partial charge in [0.15, 0.2) is 0 Å². The number of esters is 1. The summed E-state index contributed by atoms with van der Waals surface area (Å²) < 4.78 is 10.2. The molecule has 0 amide bonds. The smallest absolute Gasteiger partial charge is 0.337 e. The van der Waals surface area contributed by atoms with Gasteiger partial charge in [0.1, 0.15) is 12.4 Å². The van der Waals surface area contributed by atoms with Crippen LogP contribution in [0.3, 0.4) is 0 Å². The maximum absolute atomic E-state index is 11.4. The monoisotopic (exact) mass is 344 g/mol. The Morgan fingerprint density at radius 3 is 2.38 bits per heavy atom. The molecule has 0 unspecified atom stereocenters. The maximum Gasteiger partial charge on any atom is 0.337 e. The molecule has 0 radical (unpaired) electrons. The van der Waals surface area contributed by atoms with Gasteiger partial charge in [0, 0.05) is 0 Å². The lowest BCUT2D eigenvalue weighted by molar-refractivity contribution is 0.0600. The van der Waals surface area contributed by atoms with Gasteiger partial charge in [-0.25, -0.2) is 4.79 Å². The Balaban J connectivity index is 2.09. The molecule has 0 fully saturated rings. The Morgan fingerprint density at radius 1 is 1.00 bits per heavy atom. The fourth-order valence-corrected chi connectivity index (χ4v) is 2.21. The van der Waals surface area contributed by atoms with E-state index in [2.05, 4.69) is 4.74 Å². The first-order valence-corrected chi connectivity index (χ1v) is 7.09. The van der Waals surface area contributed by atoms with Gasteiger partial charge in [0.05, 0.1) is 27.7 Å². The summed E-state index contributed by atoms with van der Waals surface area (Å²) in [6.45, 7) is 0.286. The number of methoxy groups -OCH3 is 1. The number of halogens is 3. The molecule has 110 valence electrons. The van der Waals surface area contributed by atoms with E-state index >= 15 is 0 Å². The van der Waals surface area contributed by atoms with E-state index in [1.165, 1.54) is 13.2 Å². The van der Waals surface area contributed by atoms with Crippen molar-refractivity contribution < 1.29 is 14.3 Å². The molecule has 0 heterocycles. The van der Waals surface area contributed by atoms with Gasteiger partial charge < -0.3 is 9.47 Å². The fraction of sp³-hybridized carbons (Fsp3) is 0.133. The standard InChI is InChI=1S/C15H11Cl3O3/c1-20-15(19)10-3-5-14(13(18)7-10)21-8-9-2-4-11(16)12(17)6-9/h2-7H,8H2,1H3. The predicted octanol–water partition coefficient (Wildman–Crippen LogP) is 5.01. The van der Waals surface area contributed by atoms with Gasteiger partial charge >= 0.3 is 5.97 Å². The highest BCUT2D eigenvalue weighted by atomic mass is 35.5. The van der Waals surface area contributed by atoms with Crippen LogP contribution in [0, 0.1) is 0 Å². The largest absolute Gasteiger partial charge is 0.487 e. The number of rotatable bonds is 4. The predicted molar refractivity (Wildman–Crippen MR) is 83.6 cm³/mol. The van der Waals surface area contributed by atoms with E-state index < -0.39 is 5.97 Å². The van der Waals surface area contributed by atoms with E-state index in [0.29, 0.717) is 26.4 Å². The first-order chi connectivity index (χ1) is 10.0. The van der Waals surface area contributed by atoms with E-state index in [1.54, 1.807) is 24.3 Å². The van der Waals surface area contributed by atoms with E-state index in [0.717, 1.165) is 5.56 Å². The summed E-state index contributed by atoms with van der Waals surface area (Å²) in [4.78, 5) is 11.4. The molecular formula is C15H11Cl3O3. The zero-order valence-corrected chi connectivity index (χ0v) is 13.3. The molecule has 0 atom stereocenters. The number of hydrogen-bond acceptors (Lipinski definition) is 3. The lowest BCUT2D eigenvalue weighted by atomic mass is 10.2. The zero-order valence-electron chi connectivity index (χ0n) is 11.0. The van der Waals surface area contributed by atoms with Crippen LogP contribution in [0.15, 0.2) is 36.4 Å². The van der Waals surface area contributed by atoms with Crippen molar-refractivity contribution in [1.29, 1.82) is 0 Å². The van der Waals surface area contributed by atoms with Gasteiger partial charge in [-0.1, -0.05) is 40.9 Å². The first-order valence-electron chi connectivity index (χ1n) is 5.96. The minimum Gasteiger partial charge on any atom is -0.487 e. The topological polar surface area (TPSA) is 35.5 Å². The van der Waals surface area contributed by atoms with Crippen molar-refractivity contribution in [2.75, 3.05) is 7.11 Å². The normalized spacial score (nSPS) is 10.3. The summed E-state index contributed by atoms with van der Waals surface area (Å²) in [5.41, 5.74) is 1.22. The minimum atomic E-state index is -0.451. The summed E-state index contributed by atoms with van der Waals surface area (Å²) in [6, 6.07) is 9.93. The molecule has 3 nitrogen and oxygen atoms in total. The van der Waals surface area contributed by atoms with Crippen molar-refractivity contribution in [2.24, 2.45) is 0 Å². The van der Waals surface area contributed by atoms with Crippen LogP contribution in [0.1, 0.15) is 15.9 Å². The van der Waals surface area contributed by atoms with Crippen molar-refractivity contribution in [3.8, 4) is 5.75 Å². The van der Waals surface area contributed by atoms with Gasteiger partial charge in [0.2, 0.25) is 0 Å². The van der Waals surface area contributed by atoms with Gasteiger partial charge in [-0.15, -0.1) is 0 Å². The van der Waals surface area contributed by atoms with Crippen LogP contribution < -0.4 is 4.74 Å². The number of hydrogen-bond donors (Lipinski definition) is 0. The highest BCUT2D eigenvalue weighted by molar-refractivity contribution is 6.42. The summed E-state index contributed by atoms with van der Waals surface area (Å²) in [7, 11) is 1.31. The molecule has 0 aliphatic heterocycles. The van der Waals surface area contributed by atoms with Gasteiger partial charge in [-0.3, -0.25) is 0 Å². The molecule has 0 aliphatic rings. The molecule has 2 aromatic carbocycles. The van der Waals surface area contributed by atoms with Crippen LogP contribution >= 0.6 is 34.8 Å². The Hall–Kier alpha value is -1.42. The van der Waals surface area contributed by atoms with Crippen LogP contribution in [0.4, 0.5) is 0 Å². The summed E-state index contributed by atoms with van der Waals surface area (Å²) in [6.07, 6.45) is 0. The highest BCUT2D eigenvalue weighted by Crippen LogP contribution is 2.28. The van der Waals surface area contributed by atoms with Crippen LogP contribution in [0.5, 0.6) is 5.75 Å². The van der Waals surface area contributed by atoms with Crippen molar-refractivity contribution in [2.45, 2.75) is 6.61 Å². The molecule has 0 saturated heterocycles. The molecule has 0 spiro atoms. The lowest BCUT2D eigenvalue weighted by Crippen LogP contribution is -2.02. The molecule has 21 heavy (non-hydrogen) atoms. The van der Waals surface area contributed by atoms with Crippen molar-refractivity contribution in [1.82, 2.24) is 0 Å².